The number of hydrogen-bond donors (Lipinski definition) is 2. The molecule has 0 radical (unpaired) electrons. The third-order valence-corrected chi connectivity index (χ3v) is 10.7. The lowest BCUT2D eigenvalue weighted by Gasteiger charge is -2.37. The first-order valence-electron chi connectivity index (χ1n) is 17.2. The first kappa shape index (κ1) is 38.0. The molecule has 0 unspecified atom stereocenters. The Kier molecular flexibility index (Phi) is 11.2. The van der Waals surface area contributed by atoms with Gasteiger partial charge in [-0.3, -0.25) is 4.52 Å². The lowest BCUT2D eigenvalue weighted by atomic mass is 10.1. The van der Waals surface area contributed by atoms with E-state index in [2.05, 4.69) is 25.0 Å². The predicted molar refractivity (Wildman–Crippen MR) is 200 cm³/mol. The van der Waals surface area contributed by atoms with Crippen LogP contribution in [0.4, 0.5) is 11.4 Å². The molecule has 0 amide bonds. The van der Waals surface area contributed by atoms with Gasteiger partial charge in [0.05, 0.1) is 29.5 Å². The maximum Gasteiger partial charge on any atom is 0.469 e. The van der Waals surface area contributed by atoms with Crippen LogP contribution in [0.15, 0.2) is 90.5 Å². The standard InChI is InChI=1S/C35H39Cl2N8O8P/c1-24(25(2)53-54(47,48)49)45-34(46)44(23-40-45)29-6-4-27(5-7-29)41-13-15-42(16-14-41)28-8-10-30(11-9-28)50-18-31-19-51-35(52-31,20-43-22-38-21-39-43)32-12-3-26(36)17-33(32)37/h3-12,17,21-25,31H,13-16,18-20H2,1-2H3,(H2,47,48,49)/t24-,25+,31+,35+/m1/s1. The van der Waals surface area contributed by atoms with Crippen molar-refractivity contribution in [2.45, 2.75) is 44.4 Å². The smallest absolute Gasteiger partial charge is 0.469 e. The van der Waals surface area contributed by atoms with E-state index in [0.29, 0.717) is 33.7 Å². The second-order valence-corrected chi connectivity index (χ2v) is 15.1. The highest BCUT2D eigenvalue weighted by atomic mass is 35.5. The number of anilines is 2. The fourth-order valence-electron chi connectivity index (χ4n) is 6.55. The summed E-state index contributed by atoms with van der Waals surface area (Å²) in [5.74, 6) is -0.475. The first-order valence-corrected chi connectivity index (χ1v) is 19.5. The molecule has 3 aromatic carbocycles. The van der Waals surface area contributed by atoms with Crippen molar-refractivity contribution in [3.63, 3.8) is 0 Å². The summed E-state index contributed by atoms with van der Waals surface area (Å²) in [4.78, 5) is 40.0. The van der Waals surface area contributed by atoms with Crippen LogP contribution in [0.25, 0.3) is 5.69 Å². The molecule has 0 aliphatic carbocycles. The van der Waals surface area contributed by atoms with Crippen LogP contribution < -0.4 is 20.2 Å². The second-order valence-electron chi connectivity index (χ2n) is 13.1. The van der Waals surface area contributed by atoms with Crippen molar-refractivity contribution in [2.24, 2.45) is 0 Å². The summed E-state index contributed by atoms with van der Waals surface area (Å²) in [6.45, 7) is 7.13. The minimum absolute atomic E-state index is 0.245. The summed E-state index contributed by atoms with van der Waals surface area (Å²) in [7, 11) is -4.71. The van der Waals surface area contributed by atoms with E-state index in [9.17, 15) is 9.36 Å². The third kappa shape index (κ3) is 8.51. The Hall–Kier alpha value is -4.25. The highest BCUT2D eigenvalue weighted by Crippen LogP contribution is 2.41. The minimum atomic E-state index is -4.71. The fourth-order valence-corrected chi connectivity index (χ4v) is 7.71. The average Bonchev–Trinajstić information content (AvgIpc) is 3.91. The number of phosphoric acid groups is 1. The van der Waals surface area contributed by atoms with Crippen LogP contribution in [-0.2, 0) is 30.9 Å². The number of nitrogens with zero attached hydrogens (tertiary/aromatic N) is 8. The third-order valence-electron chi connectivity index (χ3n) is 9.51. The number of rotatable bonds is 13. The lowest BCUT2D eigenvalue weighted by Crippen LogP contribution is -2.46. The second kappa shape index (κ2) is 15.8. The van der Waals surface area contributed by atoms with E-state index in [1.54, 1.807) is 36.1 Å². The molecule has 2 aromatic heterocycles. The molecule has 5 aromatic rings. The molecule has 286 valence electrons. The summed E-state index contributed by atoms with van der Waals surface area (Å²) in [6.07, 6.45) is 3.12. The number of halogens is 2. The molecule has 2 aliphatic heterocycles. The molecule has 2 N–H and O–H groups in total. The van der Waals surface area contributed by atoms with Crippen molar-refractivity contribution in [3.8, 4) is 11.4 Å². The van der Waals surface area contributed by atoms with E-state index in [1.165, 1.54) is 24.1 Å². The van der Waals surface area contributed by atoms with Crippen molar-refractivity contribution in [2.75, 3.05) is 49.2 Å². The van der Waals surface area contributed by atoms with E-state index in [1.807, 2.05) is 48.5 Å². The molecule has 0 bridgehead atoms. The van der Waals surface area contributed by atoms with E-state index in [0.717, 1.165) is 42.2 Å². The Labute approximate surface area is 320 Å². The molecule has 16 nitrogen and oxygen atoms in total. The van der Waals surface area contributed by atoms with Gasteiger partial charge < -0.3 is 33.8 Å². The van der Waals surface area contributed by atoms with Gasteiger partial charge in [0.25, 0.3) is 0 Å². The van der Waals surface area contributed by atoms with Crippen molar-refractivity contribution in [1.82, 2.24) is 29.1 Å². The number of phosphoric ester groups is 1. The van der Waals surface area contributed by atoms with Gasteiger partial charge in [-0.25, -0.2) is 28.3 Å². The van der Waals surface area contributed by atoms with Gasteiger partial charge in [0, 0.05) is 48.1 Å². The molecule has 4 atom stereocenters. The summed E-state index contributed by atoms with van der Waals surface area (Å²) < 4.78 is 39.0. The number of aromatic nitrogens is 6. The van der Waals surface area contributed by atoms with E-state index < -0.39 is 31.4 Å². The van der Waals surface area contributed by atoms with Crippen LogP contribution >= 0.6 is 31.0 Å². The first-order chi connectivity index (χ1) is 25.9. The number of piperazine rings is 1. The molecule has 19 heteroatoms. The molecular weight excluding hydrogens is 762 g/mol. The molecule has 54 heavy (non-hydrogen) atoms. The van der Waals surface area contributed by atoms with E-state index in [-0.39, 0.29) is 19.3 Å². The van der Waals surface area contributed by atoms with Gasteiger partial charge in [-0.2, -0.15) is 10.2 Å². The Morgan fingerprint density at radius 3 is 2.19 bits per heavy atom. The summed E-state index contributed by atoms with van der Waals surface area (Å²) >= 11 is 12.7. The molecule has 2 saturated heterocycles. The predicted octanol–water partition coefficient (Wildman–Crippen LogP) is 4.67. The zero-order valence-corrected chi connectivity index (χ0v) is 31.8. The zero-order valence-electron chi connectivity index (χ0n) is 29.4. The molecule has 0 spiro atoms. The molecule has 2 aliphatic rings. The summed E-state index contributed by atoms with van der Waals surface area (Å²) in [5.41, 5.74) is 2.94. The molecule has 7 rings (SSSR count). The Bertz CT molecular complexity index is 2140. The van der Waals surface area contributed by atoms with Crippen molar-refractivity contribution >= 4 is 42.4 Å². The van der Waals surface area contributed by atoms with Crippen LogP contribution in [0.2, 0.25) is 10.0 Å². The monoisotopic (exact) mass is 800 g/mol. The topological polar surface area (TPSA) is 171 Å². The Morgan fingerprint density at radius 2 is 1.57 bits per heavy atom. The quantitative estimate of drug-likeness (QED) is 0.158. The molecule has 0 saturated carbocycles. The van der Waals surface area contributed by atoms with Crippen LogP contribution in [0.3, 0.4) is 0 Å². The van der Waals surface area contributed by atoms with Crippen molar-refractivity contribution in [3.05, 3.63) is 112 Å². The maximum atomic E-state index is 13.1. The van der Waals surface area contributed by atoms with Crippen molar-refractivity contribution in [1.29, 1.82) is 0 Å². The molecule has 4 heterocycles. The lowest BCUT2D eigenvalue weighted by molar-refractivity contribution is -0.190. The number of benzene rings is 3. The fraction of sp³-hybridized carbons (Fsp3) is 0.371. The highest BCUT2D eigenvalue weighted by molar-refractivity contribution is 7.46. The van der Waals surface area contributed by atoms with Gasteiger partial charge in [0.2, 0.25) is 5.79 Å². The highest BCUT2D eigenvalue weighted by Gasteiger charge is 2.45. The van der Waals surface area contributed by atoms with Gasteiger partial charge in [0.1, 0.15) is 44.0 Å². The van der Waals surface area contributed by atoms with Crippen LogP contribution in [0, 0.1) is 0 Å². The Balaban J connectivity index is 0.913. The minimum Gasteiger partial charge on any atom is -0.491 e. The van der Waals surface area contributed by atoms with Crippen LogP contribution in [-0.4, -0.2) is 90.5 Å². The van der Waals surface area contributed by atoms with E-state index >= 15 is 0 Å². The Morgan fingerprint density at radius 1 is 0.926 bits per heavy atom. The van der Waals surface area contributed by atoms with Gasteiger partial charge >= 0.3 is 13.5 Å². The van der Waals surface area contributed by atoms with Gasteiger partial charge in [0.15, 0.2) is 0 Å². The normalized spacial score (nSPS) is 20.3. The summed E-state index contributed by atoms with van der Waals surface area (Å²) in [5, 5.41) is 9.30. The maximum absolute atomic E-state index is 13.1. The number of ether oxygens (including phenoxy) is 3. The van der Waals surface area contributed by atoms with Gasteiger partial charge in [-0.1, -0.05) is 29.3 Å². The van der Waals surface area contributed by atoms with Gasteiger partial charge in [-0.15, -0.1) is 0 Å². The largest absolute Gasteiger partial charge is 0.491 e. The van der Waals surface area contributed by atoms with Crippen LogP contribution in [0.5, 0.6) is 5.75 Å². The van der Waals surface area contributed by atoms with E-state index in [4.69, 9.17) is 51.7 Å². The number of hydrogen-bond acceptors (Lipinski definition) is 11. The summed E-state index contributed by atoms with van der Waals surface area (Å²) in [6, 6.07) is 20.1. The van der Waals surface area contributed by atoms with Crippen molar-refractivity contribution < 1.29 is 33.1 Å². The molecule has 2 fully saturated rings. The molecular formula is C35H39Cl2N8O8P. The average molecular weight is 802 g/mol. The van der Waals surface area contributed by atoms with Gasteiger partial charge in [-0.05, 0) is 74.5 Å². The SMILES string of the molecule is C[C@H](OP(=O)(O)O)[C@@H](C)n1ncn(-c2ccc(N3CCN(c4ccc(OC[C@H]5CO[C@](Cn6cncn6)(c6ccc(Cl)cc6Cl)O5)cc4)CC3)cc2)c1=O. The zero-order chi connectivity index (χ0) is 38.0. The van der Waals surface area contributed by atoms with Crippen LogP contribution in [0.1, 0.15) is 25.5 Å².